The minimum Gasteiger partial charge on any atom is -0.378 e. The SMILES string of the molecule is Cc1cc(N2CCOCC2)nc(Nc2ccc(NC(=O)Cc3ccc(F)cc3F)cc2)n1. The number of aryl methyl sites for hydroxylation is 1. The average molecular weight is 439 g/mol. The van der Waals surface area contributed by atoms with E-state index in [9.17, 15) is 13.6 Å². The quantitative estimate of drug-likeness (QED) is 0.608. The predicted molar refractivity (Wildman–Crippen MR) is 118 cm³/mol. The maximum absolute atomic E-state index is 13.7. The number of anilines is 4. The number of halogens is 2. The average Bonchev–Trinajstić information content (AvgIpc) is 2.77. The molecule has 1 saturated heterocycles. The summed E-state index contributed by atoms with van der Waals surface area (Å²) in [7, 11) is 0. The van der Waals surface area contributed by atoms with E-state index in [2.05, 4.69) is 25.5 Å². The molecule has 1 aliphatic rings. The summed E-state index contributed by atoms with van der Waals surface area (Å²) in [6.45, 7) is 4.83. The van der Waals surface area contributed by atoms with Crippen molar-refractivity contribution in [3.63, 3.8) is 0 Å². The highest BCUT2D eigenvalue weighted by Gasteiger charge is 2.14. The Morgan fingerprint density at radius 1 is 1.03 bits per heavy atom. The Balaban J connectivity index is 1.38. The van der Waals surface area contributed by atoms with Gasteiger partial charge in [-0.25, -0.2) is 13.8 Å². The van der Waals surface area contributed by atoms with Crippen LogP contribution in [-0.2, 0) is 16.0 Å². The molecule has 0 radical (unpaired) electrons. The second kappa shape index (κ2) is 9.69. The van der Waals surface area contributed by atoms with Crippen LogP contribution in [0.15, 0.2) is 48.5 Å². The van der Waals surface area contributed by atoms with Crippen LogP contribution in [0.3, 0.4) is 0 Å². The second-order valence-electron chi connectivity index (χ2n) is 7.45. The van der Waals surface area contributed by atoms with Gasteiger partial charge in [-0.1, -0.05) is 6.07 Å². The van der Waals surface area contributed by atoms with Gasteiger partial charge in [0.2, 0.25) is 11.9 Å². The Morgan fingerprint density at radius 3 is 2.47 bits per heavy atom. The number of carbonyl (C=O) groups excluding carboxylic acids is 1. The molecule has 166 valence electrons. The van der Waals surface area contributed by atoms with Crippen molar-refractivity contribution in [1.82, 2.24) is 9.97 Å². The molecule has 0 saturated carbocycles. The molecule has 1 aliphatic heterocycles. The summed E-state index contributed by atoms with van der Waals surface area (Å²) in [6.07, 6.45) is -0.187. The lowest BCUT2D eigenvalue weighted by Gasteiger charge is -2.28. The summed E-state index contributed by atoms with van der Waals surface area (Å²) < 4.78 is 32.1. The van der Waals surface area contributed by atoms with Crippen molar-refractivity contribution in [3.05, 3.63) is 71.4 Å². The number of amides is 1. The Bertz CT molecular complexity index is 1100. The number of hydrogen-bond acceptors (Lipinski definition) is 6. The standard InChI is InChI=1S/C23H23F2N5O2/c1-15-12-21(30-8-10-32-11-9-30)29-23(26-15)28-19-6-4-18(5-7-19)27-22(31)13-16-2-3-17(24)14-20(16)25/h2-7,12,14H,8-11,13H2,1H3,(H,27,31)(H,26,28,29). The first-order chi connectivity index (χ1) is 15.5. The monoisotopic (exact) mass is 439 g/mol. The molecular weight excluding hydrogens is 416 g/mol. The van der Waals surface area contributed by atoms with Crippen LogP contribution >= 0.6 is 0 Å². The molecule has 2 aromatic carbocycles. The van der Waals surface area contributed by atoms with E-state index in [1.54, 1.807) is 24.3 Å². The van der Waals surface area contributed by atoms with Gasteiger partial charge in [0.05, 0.1) is 19.6 Å². The molecule has 0 bridgehead atoms. The zero-order chi connectivity index (χ0) is 22.5. The summed E-state index contributed by atoms with van der Waals surface area (Å²) in [5, 5.41) is 5.89. The topological polar surface area (TPSA) is 79.4 Å². The third-order valence-electron chi connectivity index (χ3n) is 4.97. The molecule has 0 unspecified atom stereocenters. The van der Waals surface area contributed by atoms with Gasteiger partial charge in [-0.15, -0.1) is 0 Å². The van der Waals surface area contributed by atoms with Crippen molar-refractivity contribution in [1.29, 1.82) is 0 Å². The highest BCUT2D eigenvalue weighted by atomic mass is 19.1. The lowest BCUT2D eigenvalue weighted by molar-refractivity contribution is -0.115. The predicted octanol–water partition coefficient (Wildman–Crippen LogP) is 3.82. The van der Waals surface area contributed by atoms with Gasteiger partial charge in [0.1, 0.15) is 17.5 Å². The first-order valence-corrected chi connectivity index (χ1v) is 10.3. The van der Waals surface area contributed by atoms with E-state index < -0.39 is 17.5 Å². The van der Waals surface area contributed by atoms with Gasteiger partial charge in [-0.05, 0) is 42.8 Å². The van der Waals surface area contributed by atoms with E-state index in [4.69, 9.17) is 4.74 Å². The maximum atomic E-state index is 13.7. The Labute approximate surface area is 184 Å². The van der Waals surface area contributed by atoms with Crippen molar-refractivity contribution in [3.8, 4) is 0 Å². The van der Waals surface area contributed by atoms with E-state index in [-0.39, 0.29) is 12.0 Å². The van der Waals surface area contributed by atoms with Crippen molar-refractivity contribution in [2.45, 2.75) is 13.3 Å². The lowest BCUT2D eigenvalue weighted by Crippen LogP contribution is -2.36. The molecule has 1 amide bonds. The minimum absolute atomic E-state index is 0.134. The summed E-state index contributed by atoms with van der Waals surface area (Å²) in [6, 6.07) is 12.1. The van der Waals surface area contributed by atoms with Crippen LogP contribution in [0.2, 0.25) is 0 Å². The number of carbonyl (C=O) groups is 1. The number of nitrogens with one attached hydrogen (secondary N) is 2. The number of nitrogens with zero attached hydrogens (tertiary/aromatic N) is 3. The zero-order valence-electron chi connectivity index (χ0n) is 17.6. The summed E-state index contributed by atoms with van der Waals surface area (Å²) in [4.78, 5) is 23.4. The van der Waals surface area contributed by atoms with E-state index >= 15 is 0 Å². The molecule has 2 N–H and O–H groups in total. The summed E-state index contributed by atoms with van der Waals surface area (Å²) in [5.74, 6) is -0.484. The van der Waals surface area contributed by atoms with Gasteiger partial charge in [0, 0.05) is 42.3 Å². The van der Waals surface area contributed by atoms with Crippen LogP contribution < -0.4 is 15.5 Å². The van der Waals surface area contributed by atoms with Crippen LogP contribution in [0.4, 0.5) is 31.9 Å². The Hall–Kier alpha value is -3.59. The minimum atomic E-state index is -0.741. The molecule has 3 aromatic rings. The fraction of sp³-hybridized carbons (Fsp3) is 0.261. The number of morpholine rings is 1. The molecule has 7 nitrogen and oxygen atoms in total. The molecule has 1 aromatic heterocycles. The van der Waals surface area contributed by atoms with Gasteiger partial charge in [0.25, 0.3) is 0 Å². The zero-order valence-corrected chi connectivity index (χ0v) is 17.6. The van der Waals surface area contributed by atoms with Crippen molar-refractivity contribution < 1.29 is 18.3 Å². The van der Waals surface area contributed by atoms with E-state index in [0.29, 0.717) is 24.8 Å². The molecule has 9 heteroatoms. The van der Waals surface area contributed by atoms with E-state index in [0.717, 1.165) is 42.4 Å². The number of ether oxygens (including phenoxy) is 1. The smallest absolute Gasteiger partial charge is 0.229 e. The Morgan fingerprint density at radius 2 is 1.75 bits per heavy atom. The van der Waals surface area contributed by atoms with Crippen LogP contribution in [0, 0.1) is 18.6 Å². The molecule has 32 heavy (non-hydrogen) atoms. The number of rotatable bonds is 6. The molecule has 1 fully saturated rings. The second-order valence-corrected chi connectivity index (χ2v) is 7.45. The van der Waals surface area contributed by atoms with Gasteiger partial charge in [-0.3, -0.25) is 4.79 Å². The summed E-state index contributed by atoms with van der Waals surface area (Å²) in [5.41, 5.74) is 2.30. The van der Waals surface area contributed by atoms with Crippen LogP contribution in [0.25, 0.3) is 0 Å². The third kappa shape index (κ3) is 5.55. The first kappa shape index (κ1) is 21.6. The van der Waals surface area contributed by atoms with Gasteiger partial charge < -0.3 is 20.3 Å². The van der Waals surface area contributed by atoms with Crippen molar-refractivity contribution >= 4 is 29.0 Å². The van der Waals surface area contributed by atoms with E-state index in [1.807, 2.05) is 13.0 Å². The van der Waals surface area contributed by atoms with Crippen molar-refractivity contribution in [2.75, 3.05) is 41.8 Å². The van der Waals surface area contributed by atoms with Crippen LogP contribution in [0.5, 0.6) is 0 Å². The molecule has 0 aliphatic carbocycles. The normalized spacial score (nSPS) is 13.7. The van der Waals surface area contributed by atoms with Gasteiger partial charge in [0.15, 0.2) is 0 Å². The number of aromatic nitrogens is 2. The first-order valence-electron chi connectivity index (χ1n) is 10.3. The van der Waals surface area contributed by atoms with Crippen LogP contribution in [0.1, 0.15) is 11.3 Å². The highest BCUT2D eigenvalue weighted by Crippen LogP contribution is 2.21. The largest absolute Gasteiger partial charge is 0.378 e. The van der Waals surface area contributed by atoms with E-state index in [1.165, 1.54) is 6.07 Å². The number of benzene rings is 2. The molecular formula is C23H23F2N5O2. The number of hydrogen-bond donors (Lipinski definition) is 2. The molecule has 4 rings (SSSR count). The molecule has 2 heterocycles. The summed E-state index contributed by atoms with van der Waals surface area (Å²) >= 11 is 0. The maximum Gasteiger partial charge on any atom is 0.229 e. The Kier molecular flexibility index (Phi) is 6.55. The fourth-order valence-electron chi connectivity index (χ4n) is 3.37. The fourth-order valence-corrected chi connectivity index (χ4v) is 3.37. The van der Waals surface area contributed by atoms with Crippen molar-refractivity contribution in [2.24, 2.45) is 0 Å². The molecule has 0 spiro atoms. The third-order valence-corrected chi connectivity index (χ3v) is 4.97. The lowest BCUT2D eigenvalue weighted by atomic mass is 10.1. The van der Waals surface area contributed by atoms with Gasteiger partial charge >= 0.3 is 0 Å². The molecule has 0 atom stereocenters. The highest BCUT2D eigenvalue weighted by molar-refractivity contribution is 5.92. The van der Waals surface area contributed by atoms with Gasteiger partial charge in [-0.2, -0.15) is 4.98 Å². The van der Waals surface area contributed by atoms with Crippen LogP contribution in [-0.4, -0.2) is 42.2 Å².